The summed E-state index contributed by atoms with van der Waals surface area (Å²) < 4.78 is 28.9. The van der Waals surface area contributed by atoms with E-state index in [-0.39, 0.29) is 10.1 Å². The first kappa shape index (κ1) is 30.9. The minimum atomic E-state index is -3.71. The third-order valence-corrected chi connectivity index (χ3v) is 9.84. The number of likely N-dealkylation sites (N-methyl/N-ethyl adjacent to an activating group) is 2. The monoisotopic (exact) mass is 625 g/mol. The van der Waals surface area contributed by atoms with Crippen LogP contribution in [0.2, 0.25) is 0 Å². The average Bonchev–Trinajstić information content (AvgIpc) is 3.71. The van der Waals surface area contributed by atoms with Crippen molar-refractivity contribution < 1.29 is 13.2 Å². The number of amides is 1. The van der Waals surface area contributed by atoms with Crippen LogP contribution in [0.15, 0.2) is 101 Å². The van der Waals surface area contributed by atoms with E-state index in [4.69, 9.17) is 4.98 Å². The number of aromatic amines is 1. The molecule has 1 amide bonds. The van der Waals surface area contributed by atoms with Crippen LogP contribution in [0.5, 0.6) is 0 Å². The van der Waals surface area contributed by atoms with Crippen LogP contribution in [0, 0.1) is 0 Å². The van der Waals surface area contributed by atoms with Crippen molar-refractivity contribution in [3.8, 4) is 22.3 Å². The molecule has 3 aromatic carbocycles. The number of pyridine rings is 1. The topological polar surface area (TPSA) is 98.4 Å². The highest BCUT2D eigenvalue weighted by atomic mass is 32.2. The summed E-state index contributed by atoms with van der Waals surface area (Å²) in [5, 5.41) is 3.47. The summed E-state index contributed by atoms with van der Waals surface area (Å²) >= 11 is 1.17. The second-order valence-electron chi connectivity index (χ2n) is 10.3. The Labute approximate surface area is 262 Å². The van der Waals surface area contributed by atoms with Crippen molar-refractivity contribution in [1.29, 1.82) is 0 Å². The maximum absolute atomic E-state index is 13.0. The molecule has 0 aliphatic rings. The lowest BCUT2D eigenvalue weighted by Gasteiger charge is -2.21. The molecule has 3 aromatic heterocycles. The average molecular weight is 626 g/mol. The normalized spacial score (nSPS) is 11.4. The molecule has 0 spiro atoms. The van der Waals surface area contributed by atoms with Crippen LogP contribution in [0.4, 0.5) is 11.4 Å². The number of aromatic nitrogens is 2. The van der Waals surface area contributed by atoms with E-state index >= 15 is 0 Å². The number of nitrogens with one attached hydrogen (secondary N) is 2. The Bertz CT molecular complexity index is 2020. The van der Waals surface area contributed by atoms with Gasteiger partial charge in [-0.25, -0.2) is 13.4 Å². The lowest BCUT2D eigenvalue weighted by atomic mass is 9.92. The maximum Gasteiger partial charge on any atom is 0.271 e. The van der Waals surface area contributed by atoms with Gasteiger partial charge in [0.2, 0.25) is 5.91 Å². The minimum absolute atomic E-state index is 0.0110. The lowest BCUT2D eigenvalue weighted by molar-refractivity contribution is -0.118. The van der Waals surface area contributed by atoms with Crippen molar-refractivity contribution in [2.75, 3.05) is 37.3 Å². The van der Waals surface area contributed by atoms with Gasteiger partial charge in [0.1, 0.15) is 9.86 Å². The van der Waals surface area contributed by atoms with Crippen LogP contribution in [-0.2, 0) is 14.8 Å². The Hall–Kier alpha value is -4.51. The Kier molecular flexibility index (Phi) is 9.14. The molecule has 44 heavy (non-hydrogen) atoms. The number of sulfonamides is 1. The van der Waals surface area contributed by atoms with Crippen molar-refractivity contribution >= 4 is 60.6 Å². The first-order valence-corrected chi connectivity index (χ1v) is 16.7. The van der Waals surface area contributed by atoms with E-state index in [1.54, 1.807) is 35.5 Å². The van der Waals surface area contributed by atoms with Gasteiger partial charge < -0.3 is 14.8 Å². The Morgan fingerprint density at radius 1 is 0.909 bits per heavy atom. The molecule has 6 aromatic rings. The van der Waals surface area contributed by atoms with E-state index < -0.39 is 10.0 Å². The van der Waals surface area contributed by atoms with E-state index in [1.807, 2.05) is 93.6 Å². The largest absolute Gasteiger partial charge is 0.339 e. The van der Waals surface area contributed by atoms with Gasteiger partial charge in [-0.1, -0.05) is 62.4 Å². The molecule has 0 atom stereocenters. The zero-order valence-corrected chi connectivity index (χ0v) is 27.0. The second kappa shape index (κ2) is 13.0. The lowest BCUT2D eigenvalue weighted by Crippen LogP contribution is -2.34. The van der Waals surface area contributed by atoms with Gasteiger partial charge in [-0.3, -0.25) is 9.52 Å². The zero-order valence-electron chi connectivity index (χ0n) is 25.3. The molecular formula is C34H35N5O3S2. The van der Waals surface area contributed by atoms with Crippen molar-refractivity contribution in [3.63, 3.8) is 0 Å². The highest BCUT2D eigenvalue weighted by Crippen LogP contribution is 2.41. The van der Waals surface area contributed by atoms with Crippen LogP contribution >= 0.6 is 11.3 Å². The number of hydrogen-bond acceptors (Lipinski definition) is 6. The van der Waals surface area contributed by atoms with Gasteiger partial charge >= 0.3 is 0 Å². The number of nitrogens with zero attached hydrogens (tertiary/aromatic N) is 3. The second-order valence-corrected chi connectivity index (χ2v) is 13.2. The highest BCUT2D eigenvalue weighted by Gasteiger charge is 2.20. The van der Waals surface area contributed by atoms with Gasteiger partial charge in [-0.15, -0.1) is 11.3 Å². The van der Waals surface area contributed by atoms with Crippen molar-refractivity contribution in [1.82, 2.24) is 14.9 Å². The fraction of sp³-hybridized carbons (Fsp3) is 0.176. The summed E-state index contributed by atoms with van der Waals surface area (Å²) in [6.07, 6.45) is 1.85. The summed E-state index contributed by atoms with van der Waals surface area (Å²) in [6.45, 7) is 4.30. The van der Waals surface area contributed by atoms with Crippen molar-refractivity contribution in [2.24, 2.45) is 0 Å². The first-order valence-electron chi connectivity index (χ1n) is 14.3. The number of carbonyl (C=O) groups excluding carboxylic acids is 1. The molecule has 0 fully saturated rings. The molecule has 0 saturated heterocycles. The molecular weight excluding hydrogens is 591 g/mol. The SMILES string of the molecule is CC.CN(C)CC(=O)N(C)c1cccc(-c2cnc3[nH]c4ccc(NS(=O)(=O)c5cccs5)cc4c3c2-c2ccccc2)c1. The summed E-state index contributed by atoms with van der Waals surface area (Å²) in [6, 6.07) is 26.7. The number of anilines is 2. The number of benzene rings is 3. The van der Waals surface area contributed by atoms with Gasteiger partial charge in [0.05, 0.1) is 6.54 Å². The summed E-state index contributed by atoms with van der Waals surface area (Å²) in [5.41, 5.74) is 6.54. The van der Waals surface area contributed by atoms with Gasteiger partial charge in [-0.2, -0.15) is 0 Å². The molecule has 0 aliphatic heterocycles. The highest BCUT2D eigenvalue weighted by molar-refractivity contribution is 7.94. The molecule has 3 heterocycles. The van der Waals surface area contributed by atoms with Gasteiger partial charge in [0, 0.05) is 52.0 Å². The van der Waals surface area contributed by atoms with Crippen LogP contribution in [0.1, 0.15) is 13.8 Å². The van der Waals surface area contributed by atoms with Gasteiger partial charge in [0.25, 0.3) is 10.0 Å². The first-order chi connectivity index (χ1) is 21.2. The number of hydrogen-bond donors (Lipinski definition) is 2. The molecule has 226 valence electrons. The molecule has 0 bridgehead atoms. The fourth-order valence-electron chi connectivity index (χ4n) is 5.07. The molecule has 2 N–H and O–H groups in total. The number of thiophene rings is 1. The molecule has 6 rings (SSSR count). The Morgan fingerprint density at radius 2 is 1.66 bits per heavy atom. The predicted octanol–water partition coefficient (Wildman–Crippen LogP) is 7.46. The van der Waals surface area contributed by atoms with Crippen LogP contribution in [-0.4, -0.2) is 56.9 Å². The van der Waals surface area contributed by atoms with Crippen LogP contribution in [0.3, 0.4) is 0 Å². The molecule has 0 aliphatic carbocycles. The standard InChI is InChI=1S/C32H29N5O3S2.C2H6/c1-36(2)20-28(38)37(3)24-12-7-11-22(17-24)26-19-33-32-31(30(26)21-9-5-4-6-10-21)25-18-23(14-15-27(25)34-32)35-42(39,40)29-13-8-16-41-29;1-2/h4-19,35H,20H2,1-3H3,(H,33,34);1-2H3. The van der Waals surface area contributed by atoms with Crippen molar-refractivity contribution in [2.45, 2.75) is 18.1 Å². The number of H-pyrrole nitrogens is 1. The molecule has 0 unspecified atom stereocenters. The summed E-state index contributed by atoms with van der Waals surface area (Å²) in [4.78, 5) is 24.5. The number of carbonyl (C=O) groups is 1. The quantitative estimate of drug-likeness (QED) is 0.183. The van der Waals surface area contributed by atoms with Crippen LogP contribution < -0.4 is 9.62 Å². The minimum Gasteiger partial charge on any atom is -0.339 e. The molecule has 10 heteroatoms. The number of fused-ring (bicyclic) bond motifs is 3. The smallest absolute Gasteiger partial charge is 0.271 e. The maximum atomic E-state index is 13.0. The van der Waals surface area contributed by atoms with E-state index in [0.29, 0.717) is 17.9 Å². The van der Waals surface area contributed by atoms with Gasteiger partial charge in [-0.05, 0) is 67.0 Å². The number of rotatable bonds is 8. The Balaban J connectivity index is 0.00000188. The van der Waals surface area contributed by atoms with E-state index in [2.05, 4.69) is 21.8 Å². The van der Waals surface area contributed by atoms with E-state index in [9.17, 15) is 13.2 Å². The zero-order chi connectivity index (χ0) is 31.4. The van der Waals surface area contributed by atoms with E-state index in [0.717, 1.165) is 44.2 Å². The molecule has 0 saturated carbocycles. The molecule has 8 nitrogen and oxygen atoms in total. The fourth-order valence-corrected chi connectivity index (χ4v) is 7.11. The summed E-state index contributed by atoms with van der Waals surface area (Å²) in [5.74, 6) is -0.0110. The van der Waals surface area contributed by atoms with Crippen molar-refractivity contribution in [3.05, 3.63) is 96.5 Å². The third kappa shape index (κ3) is 6.23. The molecule has 0 radical (unpaired) electrons. The third-order valence-electron chi connectivity index (χ3n) is 7.07. The van der Waals surface area contributed by atoms with Crippen LogP contribution in [0.25, 0.3) is 44.2 Å². The summed E-state index contributed by atoms with van der Waals surface area (Å²) in [7, 11) is 1.81. The van der Waals surface area contributed by atoms with E-state index in [1.165, 1.54) is 11.3 Å². The Morgan fingerprint density at radius 3 is 2.36 bits per heavy atom. The predicted molar refractivity (Wildman–Crippen MR) is 183 cm³/mol. The van der Waals surface area contributed by atoms with Gasteiger partial charge in [0.15, 0.2) is 0 Å².